The first-order chi connectivity index (χ1) is 3.15. The first-order valence-corrected chi connectivity index (χ1v) is 1.72. The minimum atomic E-state index is -0.333. The maximum absolute atomic E-state index is 7.18. The molecular formula is C2H6IKN4S. The van der Waals surface area contributed by atoms with E-state index < -0.39 is 0 Å². The van der Waals surface area contributed by atoms with Crippen LogP contribution >= 0.6 is 12.6 Å². The van der Waals surface area contributed by atoms with Gasteiger partial charge in [-0.2, -0.15) is 5.26 Å². The summed E-state index contributed by atoms with van der Waals surface area (Å²) in [5, 5.41) is 14.7. The molecule has 0 aliphatic heterocycles. The van der Waals surface area contributed by atoms with E-state index in [1.165, 1.54) is 5.40 Å². The average Bonchev–Trinajstić information content (AvgIpc) is 1.33. The fourth-order valence-electron chi connectivity index (χ4n) is 0. The second-order valence-corrected chi connectivity index (χ2v) is 0.755. The quantitative estimate of drug-likeness (QED) is 0.0888. The van der Waals surface area contributed by atoms with Gasteiger partial charge in [0, 0.05) is 0 Å². The second kappa shape index (κ2) is 22.7. The van der Waals surface area contributed by atoms with E-state index in [4.69, 9.17) is 10.7 Å². The molecule has 0 aliphatic carbocycles. The summed E-state index contributed by atoms with van der Waals surface area (Å²) >= 11 is 3.09. The molecule has 0 aromatic carbocycles. The second-order valence-electron chi connectivity index (χ2n) is 0.555. The molecule has 4 nitrogen and oxygen atoms in total. The predicted molar refractivity (Wildman–Crippen MR) is 30.7 cm³/mol. The van der Waals surface area contributed by atoms with Gasteiger partial charge in [-0.05, 0) is 0 Å². The number of hydrogen-bond acceptors (Lipinski definition) is 3. The van der Waals surface area contributed by atoms with Crippen LogP contribution in [0.4, 0.5) is 0 Å². The molecule has 0 radical (unpaired) electrons. The van der Waals surface area contributed by atoms with E-state index in [9.17, 15) is 0 Å². The van der Waals surface area contributed by atoms with Crippen molar-refractivity contribution >= 4 is 18.6 Å². The van der Waals surface area contributed by atoms with E-state index in [1.807, 2.05) is 0 Å². The zero-order valence-corrected chi connectivity index (χ0v) is 11.1. The Hall–Kier alpha value is 1.48. The first-order valence-electron chi connectivity index (χ1n) is 1.27. The molecule has 0 amide bonds. The molecule has 0 aromatic heterocycles. The van der Waals surface area contributed by atoms with Crippen LogP contribution in [0.5, 0.6) is 0 Å². The molecular weight excluding hydrogens is 278 g/mol. The Kier molecular flexibility index (Phi) is 56.6. The summed E-state index contributed by atoms with van der Waals surface area (Å²) in [4.78, 5) is 0. The minimum Gasteiger partial charge on any atom is -1.00 e. The van der Waals surface area contributed by atoms with Gasteiger partial charge < -0.3 is 35.4 Å². The number of nitrogens with zero attached hydrogens (tertiary/aromatic N) is 1. The van der Waals surface area contributed by atoms with Crippen molar-refractivity contribution in [2.24, 2.45) is 11.5 Å². The third kappa shape index (κ3) is 243. The summed E-state index contributed by atoms with van der Waals surface area (Å²) in [6, 6.07) is 0. The third-order valence-corrected chi connectivity index (χ3v) is 0. The molecule has 0 rings (SSSR count). The van der Waals surface area contributed by atoms with Crippen LogP contribution in [0.15, 0.2) is 0 Å². The van der Waals surface area contributed by atoms with Crippen molar-refractivity contribution in [2.75, 3.05) is 0 Å². The van der Waals surface area contributed by atoms with Crippen LogP contribution in [-0.2, 0) is 0 Å². The molecule has 0 atom stereocenters. The molecule has 5 N–H and O–H groups in total. The summed E-state index contributed by atoms with van der Waals surface area (Å²) < 4.78 is 0. The van der Waals surface area contributed by atoms with Crippen LogP contribution in [-0.4, -0.2) is 5.96 Å². The Morgan fingerprint density at radius 1 is 1.56 bits per heavy atom. The number of thiol groups is 1. The molecule has 48 valence electrons. The zero-order valence-electron chi connectivity index (χ0n) is 4.93. The molecule has 0 saturated carbocycles. The van der Waals surface area contributed by atoms with Crippen LogP contribution in [0.2, 0.25) is 0 Å². The normalized spacial score (nSPS) is 3.56. The number of halogens is 1. The Labute approximate surface area is 119 Å². The summed E-state index contributed by atoms with van der Waals surface area (Å²) in [5.41, 5.74) is 8.94. The standard InChI is InChI=1S/CH5N3.CHNS.HI.K/c2-1(3)4;2-1-3;;/h(H5,2,3,4);3H;1H;/q;;;+1/p-1. The third-order valence-electron chi connectivity index (χ3n) is 0. The number of nitrogens with one attached hydrogen (secondary N) is 1. The van der Waals surface area contributed by atoms with Gasteiger partial charge in [0.15, 0.2) is 5.96 Å². The van der Waals surface area contributed by atoms with Crippen LogP contribution in [0, 0.1) is 16.1 Å². The van der Waals surface area contributed by atoms with Crippen molar-refractivity contribution < 1.29 is 75.4 Å². The van der Waals surface area contributed by atoms with E-state index in [0.717, 1.165) is 0 Å². The number of rotatable bonds is 0. The fraction of sp³-hybridized carbons (Fsp3) is 0. The van der Waals surface area contributed by atoms with E-state index >= 15 is 0 Å². The van der Waals surface area contributed by atoms with Gasteiger partial charge >= 0.3 is 51.4 Å². The Morgan fingerprint density at radius 2 is 1.56 bits per heavy atom. The molecule has 0 heterocycles. The van der Waals surface area contributed by atoms with Gasteiger partial charge in [-0.1, -0.05) is 12.6 Å². The van der Waals surface area contributed by atoms with E-state index in [0.29, 0.717) is 0 Å². The van der Waals surface area contributed by atoms with E-state index in [-0.39, 0.29) is 81.3 Å². The maximum atomic E-state index is 7.18. The van der Waals surface area contributed by atoms with Crippen molar-refractivity contribution in [2.45, 2.75) is 0 Å². The van der Waals surface area contributed by atoms with Crippen LogP contribution in [0.25, 0.3) is 0 Å². The monoisotopic (exact) mass is 284 g/mol. The Balaban J connectivity index is -0.0000000233. The molecule has 0 saturated heterocycles. The number of nitrogens with two attached hydrogens (primary N) is 2. The topological polar surface area (TPSA) is 99.7 Å². The van der Waals surface area contributed by atoms with Crippen molar-refractivity contribution in [3.63, 3.8) is 0 Å². The zero-order chi connectivity index (χ0) is 6.28. The summed E-state index contributed by atoms with van der Waals surface area (Å²) in [5.74, 6) is -0.333. The van der Waals surface area contributed by atoms with Gasteiger partial charge in [-0.25, -0.2) is 0 Å². The minimum absolute atomic E-state index is 0. The van der Waals surface area contributed by atoms with Gasteiger partial charge in [0.1, 0.15) is 5.40 Å². The number of thiocyanates is 1. The molecule has 0 aliphatic rings. The Morgan fingerprint density at radius 3 is 1.56 bits per heavy atom. The smallest absolute Gasteiger partial charge is 1.00 e. The fourth-order valence-corrected chi connectivity index (χ4v) is 0. The molecule has 0 fully saturated rings. The van der Waals surface area contributed by atoms with Crippen LogP contribution < -0.4 is 86.8 Å². The van der Waals surface area contributed by atoms with Crippen LogP contribution in [0.3, 0.4) is 0 Å². The molecule has 0 unspecified atom stereocenters. The molecule has 7 heteroatoms. The number of hydrogen-bond donors (Lipinski definition) is 4. The van der Waals surface area contributed by atoms with E-state index in [1.54, 1.807) is 0 Å². The molecule has 0 aromatic rings. The maximum Gasteiger partial charge on any atom is 1.00 e. The van der Waals surface area contributed by atoms with Crippen LogP contribution in [0.1, 0.15) is 0 Å². The van der Waals surface area contributed by atoms with Gasteiger partial charge in [0.25, 0.3) is 0 Å². The Bertz CT molecular complexity index is 87.1. The summed E-state index contributed by atoms with van der Waals surface area (Å²) in [7, 11) is 0. The van der Waals surface area contributed by atoms with Crippen molar-refractivity contribution in [1.29, 1.82) is 10.7 Å². The van der Waals surface area contributed by atoms with Gasteiger partial charge in [-0.3, -0.25) is 5.41 Å². The SMILES string of the molecule is N#CS.N=C(N)N.[I-].[K+]. The number of guanidine groups is 1. The van der Waals surface area contributed by atoms with Crippen molar-refractivity contribution in [3.05, 3.63) is 0 Å². The van der Waals surface area contributed by atoms with Crippen molar-refractivity contribution in [1.82, 2.24) is 0 Å². The molecule has 0 spiro atoms. The first kappa shape index (κ1) is 22.4. The predicted octanol–water partition coefficient (Wildman–Crippen LogP) is -6.76. The molecule has 0 bridgehead atoms. The van der Waals surface area contributed by atoms with Gasteiger partial charge in [-0.15, -0.1) is 0 Å². The molecule has 9 heavy (non-hydrogen) atoms. The average molecular weight is 284 g/mol. The number of nitriles is 1. The van der Waals surface area contributed by atoms with E-state index in [2.05, 4.69) is 24.1 Å². The largest absolute Gasteiger partial charge is 1.00 e. The summed E-state index contributed by atoms with van der Waals surface area (Å²) in [6.07, 6.45) is 0. The summed E-state index contributed by atoms with van der Waals surface area (Å²) in [6.45, 7) is 0. The van der Waals surface area contributed by atoms with Gasteiger partial charge in [0.2, 0.25) is 0 Å². The van der Waals surface area contributed by atoms with Crippen molar-refractivity contribution in [3.8, 4) is 5.40 Å². The van der Waals surface area contributed by atoms with Gasteiger partial charge in [0.05, 0.1) is 0 Å².